The normalized spacial score (nSPS) is 34.4. The highest BCUT2D eigenvalue weighted by atomic mass is 32.2. The highest BCUT2D eigenvalue weighted by Gasteiger charge is 2.44. The first-order valence-corrected chi connectivity index (χ1v) is 10.3. The first-order chi connectivity index (χ1) is 11.5. The van der Waals surface area contributed by atoms with Gasteiger partial charge in [0.15, 0.2) is 21.3 Å². The molecule has 7 nitrogen and oxygen atoms in total. The molecule has 0 amide bonds. The maximum atomic E-state index is 11.7. The lowest BCUT2D eigenvalue weighted by Gasteiger charge is -2.33. The Morgan fingerprint density at radius 3 is 2.54 bits per heavy atom. The Balaban J connectivity index is 1.33. The van der Waals surface area contributed by atoms with Crippen molar-refractivity contribution in [1.82, 2.24) is 0 Å². The van der Waals surface area contributed by atoms with Gasteiger partial charge in [-0.1, -0.05) is 0 Å². The first-order valence-electron chi connectivity index (χ1n) is 8.45. The number of ether oxygens (including phenoxy) is 2. The van der Waals surface area contributed by atoms with Crippen LogP contribution < -0.4 is 19.3 Å². The molecule has 3 aliphatic rings. The molecule has 1 aromatic rings. The van der Waals surface area contributed by atoms with Crippen LogP contribution in [0.15, 0.2) is 18.2 Å². The van der Waals surface area contributed by atoms with Crippen LogP contribution in [-0.2, 0) is 16.4 Å². The second-order valence-electron chi connectivity index (χ2n) is 7.02. The van der Waals surface area contributed by atoms with Gasteiger partial charge < -0.3 is 24.4 Å². The Kier molecular flexibility index (Phi) is 4.16. The third-order valence-electron chi connectivity index (χ3n) is 5.34. The third kappa shape index (κ3) is 3.23. The van der Waals surface area contributed by atoms with E-state index in [9.17, 15) is 13.5 Å². The van der Waals surface area contributed by atoms with Gasteiger partial charge >= 0.3 is 0 Å². The molecule has 1 aromatic carbocycles. The average Bonchev–Trinajstić information content (AvgIpc) is 3.11. The maximum Gasteiger partial charge on any atom is 0.231 e. The van der Waals surface area contributed by atoms with E-state index >= 15 is 0 Å². The lowest BCUT2D eigenvalue weighted by atomic mass is 10.1. The number of aliphatic hydroxyl groups is 1. The number of fused-ring (bicyclic) bond motifs is 1. The highest BCUT2D eigenvalue weighted by Crippen LogP contribution is 2.32. The Hall–Kier alpha value is -1.35. The third-order valence-corrected chi connectivity index (χ3v) is 7.05. The molecule has 3 N–H and O–H groups in total. The molecule has 0 spiro atoms. The van der Waals surface area contributed by atoms with Crippen LogP contribution in [-0.4, -0.2) is 70.1 Å². The van der Waals surface area contributed by atoms with Crippen LogP contribution in [0.5, 0.6) is 11.5 Å². The number of benzene rings is 1. The number of hydrogen-bond acceptors (Lipinski definition) is 5. The van der Waals surface area contributed by atoms with Crippen molar-refractivity contribution < 1.29 is 32.8 Å². The van der Waals surface area contributed by atoms with E-state index in [0.717, 1.165) is 44.2 Å². The quantitative estimate of drug-likeness (QED) is 0.533. The van der Waals surface area contributed by atoms with E-state index in [-0.39, 0.29) is 17.5 Å². The fraction of sp³-hybridized carbons (Fsp3) is 0.625. The molecule has 2 saturated heterocycles. The summed E-state index contributed by atoms with van der Waals surface area (Å²) in [6, 6.07) is 5.93. The number of sulfone groups is 1. The fourth-order valence-electron chi connectivity index (χ4n) is 4.03. The maximum absolute atomic E-state index is 11.7. The zero-order chi connectivity index (χ0) is 16.7. The summed E-state index contributed by atoms with van der Waals surface area (Å²) in [5.41, 5.74) is 1.22. The molecule has 0 bridgehead atoms. The standard InChI is InChI=1S/C16H22N2O5S/c19-14-10-24(20,21)9-13(14)18-5-3-17(4-6-18)8-12-1-2-15-16(7-12)23-11-22-15/h1-2,7,13-14,19H,3-6,8-11H2/p+2/t13-,14-/m1/s1. The molecule has 132 valence electrons. The lowest BCUT2D eigenvalue weighted by molar-refractivity contribution is -1.03. The Morgan fingerprint density at radius 1 is 1.08 bits per heavy atom. The molecule has 3 heterocycles. The molecular formula is C16H24N2O5S+2. The zero-order valence-corrected chi connectivity index (χ0v) is 14.3. The molecule has 0 aromatic heterocycles. The van der Waals surface area contributed by atoms with Gasteiger partial charge in [0.05, 0.1) is 5.75 Å². The van der Waals surface area contributed by atoms with E-state index in [1.165, 1.54) is 15.4 Å². The molecule has 8 heteroatoms. The molecule has 0 unspecified atom stereocenters. The molecule has 4 rings (SSSR count). The topological polar surface area (TPSA) is 81.7 Å². The number of piperazine rings is 1. The predicted octanol–water partition coefficient (Wildman–Crippen LogP) is -3.14. The van der Waals surface area contributed by atoms with Gasteiger partial charge in [0.1, 0.15) is 50.6 Å². The van der Waals surface area contributed by atoms with Crippen molar-refractivity contribution in [1.29, 1.82) is 0 Å². The summed E-state index contributed by atoms with van der Waals surface area (Å²) in [5.74, 6) is 1.67. The number of nitrogens with one attached hydrogen (secondary N) is 2. The molecule has 0 aliphatic carbocycles. The largest absolute Gasteiger partial charge is 0.454 e. The van der Waals surface area contributed by atoms with Crippen LogP contribution in [0.2, 0.25) is 0 Å². The van der Waals surface area contributed by atoms with E-state index in [4.69, 9.17) is 9.47 Å². The highest BCUT2D eigenvalue weighted by molar-refractivity contribution is 7.91. The summed E-state index contributed by atoms with van der Waals surface area (Å²) in [6.07, 6.45) is -0.708. The van der Waals surface area contributed by atoms with Gasteiger partial charge in [0, 0.05) is 5.56 Å². The van der Waals surface area contributed by atoms with Crippen LogP contribution in [0.3, 0.4) is 0 Å². The van der Waals surface area contributed by atoms with Gasteiger partial charge in [-0.05, 0) is 18.2 Å². The van der Waals surface area contributed by atoms with E-state index in [2.05, 4.69) is 6.07 Å². The number of rotatable bonds is 3. The van der Waals surface area contributed by atoms with Crippen LogP contribution in [0, 0.1) is 0 Å². The van der Waals surface area contributed by atoms with Crippen molar-refractivity contribution in [3.63, 3.8) is 0 Å². The van der Waals surface area contributed by atoms with Crippen LogP contribution in [0.4, 0.5) is 0 Å². The number of quaternary nitrogens is 2. The van der Waals surface area contributed by atoms with Crippen molar-refractivity contribution in [2.45, 2.75) is 18.7 Å². The smallest absolute Gasteiger partial charge is 0.231 e. The first kappa shape index (κ1) is 16.1. The molecule has 2 atom stereocenters. The van der Waals surface area contributed by atoms with Crippen molar-refractivity contribution in [2.75, 3.05) is 44.5 Å². The van der Waals surface area contributed by atoms with Crippen LogP contribution in [0.1, 0.15) is 5.56 Å². The summed E-state index contributed by atoms with van der Waals surface area (Å²) >= 11 is 0. The number of aliphatic hydroxyl groups excluding tert-OH is 1. The fourth-order valence-corrected chi connectivity index (χ4v) is 5.92. The minimum absolute atomic E-state index is 0.0745. The lowest BCUT2D eigenvalue weighted by Crippen LogP contribution is -3.29. The second-order valence-corrected chi connectivity index (χ2v) is 9.18. The van der Waals surface area contributed by atoms with Gasteiger partial charge in [-0.2, -0.15) is 0 Å². The molecular weight excluding hydrogens is 332 g/mol. The van der Waals surface area contributed by atoms with Crippen molar-refractivity contribution in [3.8, 4) is 11.5 Å². The summed E-state index contributed by atoms with van der Waals surface area (Å²) < 4.78 is 34.1. The van der Waals surface area contributed by atoms with Crippen molar-refractivity contribution in [3.05, 3.63) is 23.8 Å². The zero-order valence-electron chi connectivity index (χ0n) is 13.5. The molecule has 3 aliphatic heterocycles. The van der Waals surface area contributed by atoms with Gasteiger partial charge in [0.2, 0.25) is 6.79 Å². The van der Waals surface area contributed by atoms with Crippen molar-refractivity contribution in [2.24, 2.45) is 0 Å². The van der Waals surface area contributed by atoms with Gasteiger partial charge in [0.25, 0.3) is 0 Å². The SMILES string of the molecule is O=S1(=O)C[C@@H](O)[C@H]([NH+]2CC[NH+](Cc3ccc4c(c3)OCO4)CC2)C1. The van der Waals surface area contributed by atoms with E-state index < -0.39 is 15.9 Å². The molecule has 0 saturated carbocycles. The van der Waals surface area contributed by atoms with E-state index in [1.54, 1.807) is 0 Å². The summed E-state index contributed by atoms with van der Waals surface area (Å²) in [7, 11) is -3.07. The molecule has 0 radical (unpaired) electrons. The minimum Gasteiger partial charge on any atom is -0.454 e. The predicted molar refractivity (Wildman–Crippen MR) is 86.1 cm³/mol. The summed E-state index contributed by atoms with van der Waals surface area (Å²) in [5, 5.41) is 10.0. The van der Waals surface area contributed by atoms with Crippen molar-refractivity contribution >= 4 is 9.84 Å². The summed E-state index contributed by atoms with van der Waals surface area (Å²) in [4.78, 5) is 2.71. The Bertz CT molecular complexity index is 715. The minimum atomic E-state index is -3.07. The van der Waals surface area contributed by atoms with E-state index in [1.807, 2.05) is 12.1 Å². The van der Waals surface area contributed by atoms with Gasteiger partial charge in [-0.3, -0.25) is 0 Å². The Morgan fingerprint density at radius 2 is 1.83 bits per heavy atom. The van der Waals surface area contributed by atoms with E-state index in [0.29, 0.717) is 6.79 Å². The molecule has 24 heavy (non-hydrogen) atoms. The average molecular weight is 356 g/mol. The van der Waals surface area contributed by atoms with Crippen LogP contribution in [0.25, 0.3) is 0 Å². The van der Waals surface area contributed by atoms with Crippen LogP contribution >= 0.6 is 0 Å². The van der Waals surface area contributed by atoms with Gasteiger partial charge in [-0.15, -0.1) is 0 Å². The number of hydrogen-bond donors (Lipinski definition) is 3. The monoisotopic (exact) mass is 356 g/mol. The van der Waals surface area contributed by atoms with Gasteiger partial charge in [-0.25, -0.2) is 8.42 Å². The summed E-state index contributed by atoms with van der Waals surface area (Å²) in [6.45, 7) is 4.98. The Labute approximate surface area is 141 Å². The molecule has 2 fully saturated rings. The second kappa shape index (κ2) is 6.18.